The molecule has 0 bridgehead atoms. The summed E-state index contributed by atoms with van der Waals surface area (Å²) in [5.41, 5.74) is 0.713. The Bertz CT molecular complexity index is 722. The number of benzene rings is 1. The molecular formula is C20H23NO4S. The van der Waals surface area contributed by atoms with E-state index in [1.54, 1.807) is 30.3 Å². The van der Waals surface area contributed by atoms with Crippen molar-refractivity contribution in [3.63, 3.8) is 0 Å². The maximum atomic E-state index is 12.1. The molecule has 138 valence electrons. The minimum Gasteiger partial charge on any atom is -0.427 e. The van der Waals surface area contributed by atoms with Crippen LogP contribution in [0, 0.1) is 5.92 Å². The molecule has 0 unspecified atom stereocenters. The van der Waals surface area contributed by atoms with Crippen molar-refractivity contribution in [1.82, 2.24) is 5.32 Å². The number of imide groups is 1. The van der Waals surface area contributed by atoms with Crippen LogP contribution in [0.25, 0.3) is 6.08 Å². The van der Waals surface area contributed by atoms with Crippen LogP contribution in [0.15, 0.2) is 29.2 Å². The molecule has 3 rings (SSSR count). The Hall–Kier alpha value is -2.08. The summed E-state index contributed by atoms with van der Waals surface area (Å²) >= 11 is 0.867. The van der Waals surface area contributed by atoms with Crippen LogP contribution in [0.2, 0.25) is 0 Å². The highest BCUT2D eigenvalue weighted by Gasteiger charge is 2.24. The molecule has 1 saturated heterocycles. The average molecular weight is 373 g/mol. The van der Waals surface area contributed by atoms with Gasteiger partial charge < -0.3 is 4.74 Å². The van der Waals surface area contributed by atoms with Crippen molar-refractivity contribution in [2.45, 2.75) is 51.4 Å². The molecule has 0 aromatic heterocycles. The molecule has 1 aromatic rings. The smallest absolute Gasteiger partial charge is 0.311 e. The number of thioether (sulfide) groups is 1. The molecule has 1 heterocycles. The summed E-state index contributed by atoms with van der Waals surface area (Å²) in [6.07, 6.45) is 10.6. The normalized spacial score (nSPS) is 19.6. The first-order valence-electron chi connectivity index (χ1n) is 9.16. The molecule has 0 atom stereocenters. The Morgan fingerprint density at radius 3 is 2.77 bits per heavy atom. The lowest BCUT2D eigenvalue weighted by molar-refractivity contribution is -0.134. The van der Waals surface area contributed by atoms with Gasteiger partial charge in [0.25, 0.3) is 11.1 Å². The zero-order chi connectivity index (χ0) is 18.4. The number of rotatable bonds is 6. The Labute approximate surface area is 157 Å². The number of amides is 2. The van der Waals surface area contributed by atoms with Crippen molar-refractivity contribution in [3.8, 4) is 5.75 Å². The van der Waals surface area contributed by atoms with E-state index in [1.165, 1.54) is 32.1 Å². The van der Waals surface area contributed by atoms with Gasteiger partial charge in [-0.1, -0.05) is 44.2 Å². The number of nitrogens with one attached hydrogen (secondary N) is 1. The van der Waals surface area contributed by atoms with E-state index in [9.17, 15) is 14.4 Å². The minimum atomic E-state index is -0.398. The molecule has 1 aliphatic heterocycles. The van der Waals surface area contributed by atoms with Gasteiger partial charge in [-0.15, -0.1) is 0 Å². The van der Waals surface area contributed by atoms with E-state index >= 15 is 0 Å². The number of hydrogen-bond donors (Lipinski definition) is 1. The van der Waals surface area contributed by atoms with Gasteiger partial charge >= 0.3 is 5.97 Å². The SMILES string of the molecule is O=C(CCCC1CCCCC1)Oc1cccc(/C=C2\SC(=O)NC2=O)c1. The minimum absolute atomic E-state index is 0.228. The Balaban J connectivity index is 1.50. The second kappa shape index (κ2) is 9.03. The van der Waals surface area contributed by atoms with Gasteiger partial charge in [0.15, 0.2) is 0 Å². The third-order valence-corrected chi connectivity index (χ3v) is 5.56. The summed E-state index contributed by atoms with van der Waals surface area (Å²) in [4.78, 5) is 35.2. The topological polar surface area (TPSA) is 72.5 Å². The fourth-order valence-electron chi connectivity index (χ4n) is 3.43. The lowest BCUT2D eigenvalue weighted by Gasteiger charge is -2.20. The molecule has 2 aliphatic rings. The lowest BCUT2D eigenvalue weighted by Crippen LogP contribution is -2.17. The molecule has 1 saturated carbocycles. The Morgan fingerprint density at radius 2 is 2.04 bits per heavy atom. The van der Waals surface area contributed by atoms with E-state index in [2.05, 4.69) is 5.32 Å². The third-order valence-electron chi connectivity index (χ3n) is 4.75. The summed E-state index contributed by atoms with van der Waals surface area (Å²) in [5.74, 6) is 0.597. The number of carbonyl (C=O) groups excluding carboxylic acids is 3. The molecular weight excluding hydrogens is 350 g/mol. The van der Waals surface area contributed by atoms with E-state index in [0.717, 1.165) is 30.5 Å². The summed E-state index contributed by atoms with van der Waals surface area (Å²) in [7, 11) is 0. The fourth-order valence-corrected chi connectivity index (χ4v) is 4.12. The molecule has 1 N–H and O–H groups in total. The average Bonchev–Trinajstić information content (AvgIpc) is 2.93. The van der Waals surface area contributed by atoms with Crippen molar-refractivity contribution >= 4 is 35.0 Å². The van der Waals surface area contributed by atoms with Crippen LogP contribution in [0.1, 0.15) is 56.9 Å². The maximum absolute atomic E-state index is 12.1. The maximum Gasteiger partial charge on any atom is 0.311 e. The lowest BCUT2D eigenvalue weighted by atomic mass is 9.86. The summed E-state index contributed by atoms with van der Waals surface area (Å²) in [6.45, 7) is 0. The summed E-state index contributed by atoms with van der Waals surface area (Å²) < 4.78 is 5.41. The molecule has 2 fully saturated rings. The van der Waals surface area contributed by atoms with E-state index in [4.69, 9.17) is 4.74 Å². The largest absolute Gasteiger partial charge is 0.427 e. The third kappa shape index (κ3) is 5.46. The van der Waals surface area contributed by atoms with Gasteiger partial charge in [-0.25, -0.2) is 0 Å². The van der Waals surface area contributed by atoms with Crippen LogP contribution >= 0.6 is 11.8 Å². The van der Waals surface area contributed by atoms with E-state index in [0.29, 0.717) is 22.6 Å². The van der Waals surface area contributed by atoms with Crippen LogP contribution in [-0.2, 0) is 9.59 Å². The van der Waals surface area contributed by atoms with Crippen LogP contribution in [0.3, 0.4) is 0 Å². The van der Waals surface area contributed by atoms with Gasteiger partial charge in [0, 0.05) is 6.42 Å². The van der Waals surface area contributed by atoms with Gasteiger partial charge in [0.2, 0.25) is 0 Å². The van der Waals surface area contributed by atoms with Crippen LogP contribution < -0.4 is 10.1 Å². The molecule has 1 aliphatic carbocycles. The standard InChI is InChI=1S/C20H23NO4S/c22-18(11-5-8-14-6-2-1-3-7-14)25-16-10-4-9-15(12-16)13-17-19(23)21-20(24)26-17/h4,9-10,12-14H,1-3,5-8,11H2,(H,21,23,24)/b17-13-. The first-order valence-corrected chi connectivity index (χ1v) is 9.97. The van der Waals surface area contributed by atoms with Crippen LogP contribution in [0.5, 0.6) is 5.75 Å². The first-order chi connectivity index (χ1) is 12.6. The van der Waals surface area contributed by atoms with Crippen LogP contribution in [-0.4, -0.2) is 17.1 Å². The predicted octanol–water partition coefficient (Wildman–Crippen LogP) is 4.67. The quantitative estimate of drug-likeness (QED) is 0.446. The van der Waals surface area contributed by atoms with Crippen molar-refractivity contribution in [1.29, 1.82) is 0 Å². The van der Waals surface area contributed by atoms with E-state index < -0.39 is 5.91 Å². The molecule has 1 aromatic carbocycles. The summed E-state index contributed by atoms with van der Waals surface area (Å²) in [6, 6.07) is 6.97. The number of carbonyl (C=O) groups is 3. The Kier molecular flexibility index (Phi) is 6.50. The van der Waals surface area contributed by atoms with Crippen molar-refractivity contribution < 1.29 is 19.1 Å². The molecule has 0 spiro atoms. The Morgan fingerprint density at radius 1 is 1.23 bits per heavy atom. The predicted molar refractivity (Wildman–Crippen MR) is 102 cm³/mol. The molecule has 2 amide bonds. The zero-order valence-corrected chi connectivity index (χ0v) is 15.5. The zero-order valence-electron chi connectivity index (χ0n) is 14.7. The van der Waals surface area contributed by atoms with Crippen molar-refractivity contribution in [2.75, 3.05) is 0 Å². The first kappa shape index (κ1) is 18.7. The monoisotopic (exact) mass is 373 g/mol. The van der Waals surface area contributed by atoms with Gasteiger partial charge in [0.1, 0.15) is 5.75 Å². The molecule has 6 heteroatoms. The summed E-state index contributed by atoms with van der Waals surface area (Å²) in [5, 5.41) is 1.84. The van der Waals surface area contributed by atoms with Gasteiger partial charge in [-0.2, -0.15) is 0 Å². The van der Waals surface area contributed by atoms with E-state index in [-0.39, 0.29) is 11.2 Å². The second-order valence-electron chi connectivity index (χ2n) is 6.80. The highest BCUT2D eigenvalue weighted by Crippen LogP contribution is 2.28. The van der Waals surface area contributed by atoms with Gasteiger partial charge in [0.05, 0.1) is 4.91 Å². The fraction of sp³-hybridized carbons (Fsp3) is 0.450. The number of hydrogen-bond acceptors (Lipinski definition) is 5. The highest BCUT2D eigenvalue weighted by atomic mass is 32.2. The number of ether oxygens (including phenoxy) is 1. The van der Waals surface area contributed by atoms with Gasteiger partial charge in [-0.05, 0) is 54.3 Å². The molecule has 0 radical (unpaired) electrons. The molecule has 26 heavy (non-hydrogen) atoms. The van der Waals surface area contributed by atoms with Gasteiger partial charge in [-0.3, -0.25) is 19.7 Å². The van der Waals surface area contributed by atoms with Crippen LogP contribution in [0.4, 0.5) is 4.79 Å². The van der Waals surface area contributed by atoms with Crippen molar-refractivity contribution in [3.05, 3.63) is 34.7 Å². The van der Waals surface area contributed by atoms with Crippen molar-refractivity contribution in [2.24, 2.45) is 5.92 Å². The molecule has 5 nitrogen and oxygen atoms in total. The van der Waals surface area contributed by atoms with E-state index in [1.807, 2.05) is 0 Å². The highest BCUT2D eigenvalue weighted by molar-refractivity contribution is 8.18. The number of esters is 1. The second-order valence-corrected chi connectivity index (χ2v) is 7.81.